The summed E-state index contributed by atoms with van der Waals surface area (Å²) < 4.78 is 1.87. The number of aryl methyl sites for hydroxylation is 1. The van der Waals surface area contributed by atoms with Crippen molar-refractivity contribution < 1.29 is 4.79 Å². The van der Waals surface area contributed by atoms with Crippen LogP contribution in [0.25, 0.3) is 0 Å². The zero-order chi connectivity index (χ0) is 12.3. The summed E-state index contributed by atoms with van der Waals surface area (Å²) in [7, 11) is 1.90. The second kappa shape index (κ2) is 5.19. The van der Waals surface area contributed by atoms with Crippen molar-refractivity contribution in [3.05, 3.63) is 48.0 Å². The summed E-state index contributed by atoms with van der Waals surface area (Å²) in [6.45, 7) is 0. The summed E-state index contributed by atoms with van der Waals surface area (Å²) in [6.07, 6.45) is 5.89. The molecule has 2 aromatic rings. The molecule has 3 nitrogen and oxygen atoms in total. The molecule has 4 heteroatoms. The van der Waals surface area contributed by atoms with Crippen LogP contribution in [0.15, 0.2) is 41.6 Å². The Bertz CT molecular complexity index is 534. The average molecular weight is 246 g/mol. The number of rotatable bonds is 4. The predicted molar refractivity (Wildman–Crippen MR) is 69.5 cm³/mol. The number of hydrogen-bond acceptors (Lipinski definition) is 3. The smallest absolute Gasteiger partial charge is 0.171 e. The second-order valence-corrected chi connectivity index (χ2v) is 4.60. The molecular formula is C13H14N2OS. The van der Waals surface area contributed by atoms with Gasteiger partial charge in [-0.3, -0.25) is 4.79 Å². The van der Waals surface area contributed by atoms with Crippen LogP contribution in [0.3, 0.4) is 0 Å². The molecule has 0 atom stereocenters. The fraction of sp³-hybridized carbons (Fsp3) is 0.231. The van der Waals surface area contributed by atoms with Crippen molar-refractivity contribution in [3.63, 3.8) is 0 Å². The van der Waals surface area contributed by atoms with Crippen molar-refractivity contribution >= 4 is 17.5 Å². The molecule has 0 amide bonds. The van der Waals surface area contributed by atoms with Gasteiger partial charge in [0.1, 0.15) is 5.82 Å². The molecule has 17 heavy (non-hydrogen) atoms. The lowest BCUT2D eigenvalue weighted by Crippen LogP contribution is -2.09. The molecule has 0 aliphatic heterocycles. The third-order valence-corrected chi connectivity index (χ3v) is 3.44. The molecule has 0 radical (unpaired) electrons. The molecule has 0 saturated carbocycles. The van der Waals surface area contributed by atoms with Gasteiger partial charge in [0.25, 0.3) is 0 Å². The van der Waals surface area contributed by atoms with Gasteiger partial charge in [-0.1, -0.05) is 18.2 Å². The van der Waals surface area contributed by atoms with Crippen molar-refractivity contribution in [2.75, 3.05) is 6.26 Å². The first-order valence-electron chi connectivity index (χ1n) is 5.35. The number of carbonyl (C=O) groups excluding carboxylic acids is 1. The number of benzene rings is 1. The molecular weight excluding hydrogens is 232 g/mol. The van der Waals surface area contributed by atoms with Crippen LogP contribution in [-0.2, 0) is 13.5 Å². The number of hydrogen-bond donors (Lipinski definition) is 0. The lowest BCUT2D eigenvalue weighted by molar-refractivity contribution is 0.0987. The minimum atomic E-state index is 0.115. The Hall–Kier alpha value is -1.55. The number of carbonyl (C=O) groups is 1. The van der Waals surface area contributed by atoms with Crippen LogP contribution in [0.4, 0.5) is 0 Å². The van der Waals surface area contributed by atoms with Crippen LogP contribution >= 0.6 is 11.8 Å². The normalized spacial score (nSPS) is 10.5. The highest BCUT2D eigenvalue weighted by Gasteiger charge is 2.13. The lowest BCUT2D eigenvalue weighted by atomic mass is 10.1. The topological polar surface area (TPSA) is 34.9 Å². The summed E-state index contributed by atoms with van der Waals surface area (Å²) in [5.41, 5.74) is 0.781. The van der Waals surface area contributed by atoms with E-state index >= 15 is 0 Å². The summed E-state index contributed by atoms with van der Waals surface area (Å²) >= 11 is 1.59. The van der Waals surface area contributed by atoms with E-state index in [1.54, 1.807) is 18.0 Å². The number of nitrogens with zero attached hydrogens (tertiary/aromatic N) is 2. The van der Waals surface area contributed by atoms with Gasteiger partial charge in [0.05, 0.1) is 6.42 Å². The molecule has 0 spiro atoms. The number of ketones is 1. The van der Waals surface area contributed by atoms with Gasteiger partial charge in [-0.15, -0.1) is 11.8 Å². The fourth-order valence-electron chi connectivity index (χ4n) is 1.68. The molecule has 0 N–H and O–H groups in total. The quantitative estimate of drug-likeness (QED) is 0.614. The van der Waals surface area contributed by atoms with Crippen molar-refractivity contribution in [2.45, 2.75) is 11.3 Å². The average Bonchev–Trinajstić information content (AvgIpc) is 2.75. The van der Waals surface area contributed by atoms with Gasteiger partial charge in [0.15, 0.2) is 5.78 Å². The molecule has 1 aromatic heterocycles. The minimum absolute atomic E-state index is 0.115. The first-order chi connectivity index (χ1) is 8.22. The summed E-state index contributed by atoms with van der Waals surface area (Å²) in [4.78, 5) is 17.4. The Kier molecular flexibility index (Phi) is 3.64. The molecule has 1 heterocycles. The van der Waals surface area contributed by atoms with Crippen molar-refractivity contribution in [1.29, 1.82) is 0 Å². The number of aromatic nitrogens is 2. The third kappa shape index (κ3) is 2.58. The standard InChI is InChI=1S/C13H14N2OS/c1-15-8-7-14-13(15)9-11(16)10-5-3-4-6-12(10)17-2/h3-8H,9H2,1-2H3. The highest BCUT2D eigenvalue weighted by Crippen LogP contribution is 2.21. The SMILES string of the molecule is CSc1ccccc1C(=O)Cc1nccn1C. The Labute approximate surface area is 105 Å². The number of thioether (sulfide) groups is 1. The molecule has 0 saturated heterocycles. The molecule has 1 aromatic carbocycles. The summed E-state index contributed by atoms with van der Waals surface area (Å²) in [6, 6.07) is 7.68. The Morgan fingerprint density at radius 2 is 2.18 bits per heavy atom. The van der Waals surface area contributed by atoms with Crippen LogP contribution < -0.4 is 0 Å². The molecule has 88 valence electrons. The highest BCUT2D eigenvalue weighted by atomic mass is 32.2. The zero-order valence-corrected chi connectivity index (χ0v) is 10.7. The van der Waals surface area contributed by atoms with Crippen molar-refractivity contribution in [2.24, 2.45) is 7.05 Å². The first-order valence-corrected chi connectivity index (χ1v) is 6.57. The van der Waals surface area contributed by atoms with E-state index in [2.05, 4.69) is 4.98 Å². The molecule has 0 bridgehead atoms. The molecule has 0 unspecified atom stereocenters. The van der Waals surface area contributed by atoms with E-state index in [1.807, 2.05) is 48.3 Å². The molecule has 2 rings (SSSR count). The lowest BCUT2D eigenvalue weighted by Gasteiger charge is -2.06. The van der Waals surface area contributed by atoms with E-state index in [9.17, 15) is 4.79 Å². The maximum absolute atomic E-state index is 12.2. The van der Waals surface area contributed by atoms with E-state index in [4.69, 9.17) is 0 Å². The number of imidazole rings is 1. The largest absolute Gasteiger partial charge is 0.338 e. The molecule has 0 fully saturated rings. The van der Waals surface area contributed by atoms with E-state index in [-0.39, 0.29) is 5.78 Å². The molecule has 0 aliphatic rings. The fourth-order valence-corrected chi connectivity index (χ4v) is 2.30. The maximum atomic E-state index is 12.2. The van der Waals surface area contributed by atoms with Gasteiger partial charge in [-0.05, 0) is 12.3 Å². The van der Waals surface area contributed by atoms with E-state index in [1.165, 1.54) is 0 Å². The van der Waals surface area contributed by atoms with Gasteiger partial charge in [-0.25, -0.2) is 4.98 Å². The van der Waals surface area contributed by atoms with Gasteiger partial charge >= 0.3 is 0 Å². The monoisotopic (exact) mass is 246 g/mol. The van der Waals surface area contributed by atoms with Crippen LogP contribution in [-0.4, -0.2) is 21.6 Å². The van der Waals surface area contributed by atoms with Gasteiger partial charge in [-0.2, -0.15) is 0 Å². The first kappa shape index (κ1) is 11.9. The van der Waals surface area contributed by atoms with Gasteiger partial charge < -0.3 is 4.57 Å². The summed E-state index contributed by atoms with van der Waals surface area (Å²) in [5.74, 6) is 0.912. The zero-order valence-electron chi connectivity index (χ0n) is 9.88. The number of Topliss-reactive ketones (excluding diaryl/α,β-unsaturated/α-hetero) is 1. The van der Waals surface area contributed by atoms with Crippen LogP contribution in [0.5, 0.6) is 0 Å². The third-order valence-electron chi connectivity index (χ3n) is 2.65. The predicted octanol–water partition coefficient (Wildman–Crippen LogP) is 2.57. The van der Waals surface area contributed by atoms with Crippen LogP contribution in [0.2, 0.25) is 0 Å². The van der Waals surface area contributed by atoms with Gasteiger partial charge in [0.2, 0.25) is 0 Å². The van der Waals surface area contributed by atoms with E-state index < -0.39 is 0 Å². The van der Waals surface area contributed by atoms with Crippen LogP contribution in [0.1, 0.15) is 16.2 Å². The second-order valence-electron chi connectivity index (χ2n) is 3.75. The van der Waals surface area contributed by atoms with Crippen molar-refractivity contribution in [3.8, 4) is 0 Å². The Morgan fingerprint density at radius 1 is 1.41 bits per heavy atom. The van der Waals surface area contributed by atoms with E-state index in [0.29, 0.717) is 6.42 Å². The molecule has 0 aliphatic carbocycles. The minimum Gasteiger partial charge on any atom is -0.338 e. The summed E-state index contributed by atoms with van der Waals surface area (Å²) in [5, 5.41) is 0. The Balaban J connectivity index is 2.23. The highest BCUT2D eigenvalue weighted by molar-refractivity contribution is 7.98. The van der Waals surface area contributed by atoms with Crippen LogP contribution in [0, 0.1) is 0 Å². The Morgan fingerprint density at radius 3 is 2.82 bits per heavy atom. The van der Waals surface area contributed by atoms with Gasteiger partial charge in [0, 0.05) is 29.9 Å². The maximum Gasteiger partial charge on any atom is 0.171 e. The van der Waals surface area contributed by atoms with E-state index in [0.717, 1.165) is 16.3 Å². The van der Waals surface area contributed by atoms with Crippen molar-refractivity contribution in [1.82, 2.24) is 9.55 Å².